The summed E-state index contributed by atoms with van der Waals surface area (Å²) in [6, 6.07) is 6.01. The van der Waals surface area contributed by atoms with Crippen molar-refractivity contribution in [3.63, 3.8) is 0 Å². The van der Waals surface area contributed by atoms with Crippen molar-refractivity contribution in [2.75, 3.05) is 4.90 Å². The van der Waals surface area contributed by atoms with E-state index in [9.17, 15) is 14.4 Å². The maximum atomic E-state index is 13.0. The number of anilines is 1. The van der Waals surface area contributed by atoms with E-state index >= 15 is 0 Å². The Morgan fingerprint density at radius 2 is 1.95 bits per heavy atom. The van der Waals surface area contributed by atoms with Crippen LogP contribution in [0.15, 0.2) is 24.3 Å². The summed E-state index contributed by atoms with van der Waals surface area (Å²) in [7, 11) is 0. The minimum absolute atomic E-state index is 0.0698. The molecular weight excluding hydrogens is 282 g/mol. The molecule has 1 N–H and O–H groups in total. The molecule has 2 amide bonds. The summed E-state index contributed by atoms with van der Waals surface area (Å²) < 4.78 is 0. The highest BCUT2D eigenvalue weighted by Gasteiger charge is 2.64. The van der Waals surface area contributed by atoms with Gasteiger partial charge in [0, 0.05) is 5.92 Å². The van der Waals surface area contributed by atoms with Crippen molar-refractivity contribution < 1.29 is 19.5 Å². The lowest BCUT2D eigenvalue weighted by atomic mass is 9.62. The van der Waals surface area contributed by atoms with Crippen LogP contribution in [0.5, 0.6) is 0 Å². The van der Waals surface area contributed by atoms with E-state index in [0.29, 0.717) is 18.5 Å². The highest BCUT2D eigenvalue weighted by Crippen LogP contribution is 2.60. The molecule has 1 aromatic rings. The molecule has 5 heteroatoms. The molecule has 2 atom stereocenters. The molecule has 1 aliphatic carbocycles. The molecule has 1 saturated heterocycles. The van der Waals surface area contributed by atoms with E-state index in [4.69, 9.17) is 5.11 Å². The smallest absolute Gasteiger partial charge is 0.335 e. The van der Waals surface area contributed by atoms with E-state index in [1.165, 1.54) is 17.0 Å². The average molecular weight is 301 g/mol. The van der Waals surface area contributed by atoms with Crippen molar-refractivity contribution in [3.05, 3.63) is 29.8 Å². The van der Waals surface area contributed by atoms with Crippen molar-refractivity contribution in [1.29, 1.82) is 0 Å². The first kappa shape index (κ1) is 14.8. The summed E-state index contributed by atoms with van der Waals surface area (Å²) >= 11 is 0. The van der Waals surface area contributed by atoms with Gasteiger partial charge in [-0.3, -0.25) is 9.59 Å². The van der Waals surface area contributed by atoms with E-state index in [1.807, 2.05) is 20.8 Å². The van der Waals surface area contributed by atoms with Gasteiger partial charge in [0.05, 0.1) is 16.7 Å². The SMILES string of the molecule is CC1(C)C2CC[C@@]1(C)C(=O)N(c1cccc(C(=O)O)c1)C2=O. The summed E-state index contributed by atoms with van der Waals surface area (Å²) in [5.74, 6) is -1.72. The number of carbonyl (C=O) groups excluding carboxylic acids is 2. The number of carboxylic acid groups (broad SMARTS) is 1. The van der Waals surface area contributed by atoms with Gasteiger partial charge in [-0.15, -0.1) is 0 Å². The second-order valence-electron chi connectivity index (χ2n) is 6.98. The molecule has 1 aromatic carbocycles. The van der Waals surface area contributed by atoms with Gasteiger partial charge in [0.15, 0.2) is 0 Å². The number of hydrogen-bond acceptors (Lipinski definition) is 3. The molecular formula is C17H19NO4. The fraction of sp³-hybridized carbons (Fsp3) is 0.471. The summed E-state index contributed by atoms with van der Waals surface area (Å²) in [6.07, 6.45) is 1.38. The first-order chi connectivity index (χ1) is 10.2. The number of hydrogen-bond donors (Lipinski definition) is 1. The molecule has 0 spiro atoms. The normalized spacial score (nSPS) is 29.8. The number of carboxylic acids is 1. The summed E-state index contributed by atoms with van der Waals surface area (Å²) in [6.45, 7) is 5.87. The third-order valence-corrected chi connectivity index (χ3v) is 5.77. The van der Waals surface area contributed by atoms with Crippen LogP contribution in [-0.4, -0.2) is 22.9 Å². The number of rotatable bonds is 2. The maximum Gasteiger partial charge on any atom is 0.335 e. The van der Waals surface area contributed by atoms with Gasteiger partial charge in [0.25, 0.3) is 0 Å². The van der Waals surface area contributed by atoms with Crippen LogP contribution < -0.4 is 4.90 Å². The third-order valence-electron chi connectivity index (χ3n) is 5.77. The average Bonchev–Trinajstić information content (AvgIpc) is 2.63. The molecule has 1 aliphatic heterocycles. The van der Waals surface area contributed by atoms with Crippen LogP contribution in [0.4, 0.5) is 5.69 Å². The predicted octanol–water partition coefficient (Wildman–Crippen LogP) is 2.70. The van der Waals surface area contributed by atoms with Crippen molar-refractivity contribution in [2.24, 2.45) is 16.7 Å². The van der Waals surface area contributed by atoms with Crippen LogP contribution in [0, 0.1) is 16.7 Å². The van der Waals surface area contributed by atoms with Gasteiger partial charge >= 0.3 is 5.97 Å². The van der Waals surface area contributed by atoms with Crippen molar-refractivity contribution in [1.82, 2.24) is 0 Å². The molecule has 2 fully saturated rings. The third kappa shape index (κ3) is 1.68. The standard InChI is InChI=1S/C17H19NO4/c1-16(2)12-7-8-17(16,3)15(22)18(13(12)19)11-6-4-5-10(9-11)14(20)21/h4-6,9,12H,7-8H2,1-3H3,(H,20,21)/t12?,17-/m0/s1. The van der Waals surface area contributed by atoms with Crippen molar-refractivity contribution in [3.8, 4) is 0 Å². The summed E-state index contributed by atoms with van der Waals surface area (Å²) in [5, 5.41) is 9.10. The Hall–Kier alpha value is -2.17. The molecule has 22 heavy (non-hydrogen) atoms. The summed E-state index contributed by atoms with van der Waals surface area (Å²) in [5.41, 5.74) is -0.545. The Kier molecular flexibility index (Phi) is 2.96. The van der Waals surface area contributed by atoms with Crippen LogP contribution in [0.3, 0.4) is 0 Å². The second-order valence-corrected chi connectivity index (χ2v) is 6.98. The van der Waals surface area contributed by atoms with Gasteiger partial charge in [-0.2, -0.15) is 0 Å². The topological polar surface area (TPSA) is 74.7 Å². The molecule has 1 heterocycles. The Bertz CT molecular complexity index is 694. The van der Waals surface area contributed by atoms with Gasteiger partial charge < -0.3 is 5.11 Å². The molecule has 0 radical (unpaired) electrons. The Morgan fingerprint density at radius 1 is 1.27 bits per heavy atom. The zero-order chi connectivity index (χ0) is 16.3. The van der Waals surface area contributed by atoms with E-state index in [0.717, 1.165) is 0 Å². The minimum Gasteiger partial charge on any atom is -0.478 e. The van der Waals surface area contributed by atoms with Gasteiger partial charge in [0.1, 0.15) is 0 Å². The van der Waals surface area contributed by atoms with Gasteiger partial charge in [-0.05, 0) is 36.5 Å². The highest BCUT2D eigenvalue weighted by molar-refractivity contribution is 6.20. The predicted molar refractivity (Wildman–Crippen MR) is 80.5 cm³/mol. The summed E-state index contributed by atoms with van der Waals surface area (Å²) in [4.78, 5) is 38.1. The number of benzene rings is 1. The Balaban J connectivity index is 2.10. The first-order valence-electron chi connectivity index (χ1n) is 7.42. The zero-order valence-electron chi connectivity index (χ0n) is 12.9. The number of imide groups is 1. The quantitative estimate of drug-likeness (QED) is 0.852. The van der Waals surface area contributed by atoms with E-state index < -0.39 is 11.4 Å². The number of aromatic carboxylic acids is 1. The van der Waals surface area contributed by atoms with Gasteiger partial charge in [0.2, 0.25) is 11.8 Å². The molecule has 3 rings (SSSR count). The lowest BCUT2D eigenvalue weighted by Crippen LogP contribution is -2.59. The van der Waals surface area contributed by atoms with Crippen LogP contribution in [0.2, 0.25) is 0 Å². The highest BCUT2D eigenvalue weighted by atomic mass is 16.4. The maximum absolute atomic E-state index is 13.0. The molecule has 2 aliphatic rings. The lowest BCUT2D eigenvalue weighted by Gasteiger charge is -2.47. The molecule has 116 valence electrons. The number of fused-ring (bicyclic) bond motifs is 2. The van der Waals surface area contributed by atoms with Crippen molar-refractivity contribution in [2.45, 2.75) is 33.6 Å². The van der Waals surface area contributed by atoms with Gasteiger partial charge in [-0.1, -0.05) is 26.8 Å². The number of piperidine rings is 1. The monoisotopic (exact) mass is 301 g/mol. The molecule has 1 saturated carbocycles. The fourth-order valence-corrected chi connectivity index (χ4v) is 3.84. The molecule has 2 bridgehead atoms. The molecule has 1 unspecified atom stereocenters. The molecule has 5 nitrogen and oxygen atoms in total. The fourth-order valence-electron chi connectivity index (χ4n) is 3.84. The number of nitrogens with zero attached hydrogens (tertiary/aromatic N) is 1. The zero-order valence-corrected chi connectivity index (χ0v) is 12.9. The molecule has 0 aromatic heterocycles. The van der Waals surface area contributed by atoms with E-state index in [1.54, 1.807) is 12.1 Å². The lowest BCUT2D eigenvalue weighted by molar-refractivity contribution is -0.146. The largest absolute Gasteiger partial charge is 0.478 e. The Morgan fingerprint density at radius 3 is 2.59 bits per heavy atom. The van der Waals surface area contributed by atoms with E-state index in [2.05, 4.69) is 0 Å². The van der Waals surface area contributed by atoms with Crippen LogP contribution >= 0.6 is 0 Å². The van der Waals surface area contributed by atoms with E-state index in [-0.39, 0.29) is 28.7 Å². The Labute approximate surface area is 128 Å². The first-order valence-corrected chi connectivity index (χ1v) is 7.42. The van der Waals surface area contributed by atoms with Gasteiger partial charge in [-0.25, -0.2) is 9.69 Å². The minimum atomic E-state index is -1.08. The number of carbonyl (C=O) groups is 3. The van der Waals surface area contributed by atoms with Crippen LogP contribution in [-0.2, 0) is 9.59 Å². The number of amides is 2. The van der Waals surface area contributed by atoms with Crippen molar-refractivity contribution >= 4 is 23.5 Å². The second kappa shape index (κ2) is 4.41. The van der Waals surface area contributed by atoms with Crippen LogP contribution in [0.25, 0.3) is 0 Å². The van der Waals surface area contributed by atoms with Crippen LogP contribution in [0.1, 0.15) is 44.0 Å².